The molecule has 0 saturated carbocycles. The van der Waals surface area contributed by atoms with Crippen LogP contribution in [-0.4, -0.2) is 6.26 Å². The maximum Gasteiger partial charge on any atom is 0.208 e. The SMILES string of the molecule is CSc1ccc(-c2cc(C#N)c(N)o2)cc1. The van der Waals surface area contributed by atoms with Crippen molar-refractivity contribution < 1.29 is 4.42 Å². The van der Waals surface area contributed by atoms with E-state index in [2.05, 4.69) is 0 Å². The molecule has 1 heterocycles. The average Bonchev–Trinajstić information content (AvgIpc) is 2.71. The Kier molecular flexibility index (Phi) is 2.88. The molecule has 0 saturated heterocycles. The fourth-order valence-corrected chi connectivity index (χ4v) is 1.80. The highest BCUT2D eigenvalue weighted by molar-refractivity contribution is 7.98. The Labute approximate surface area is 97.9 Å². The summed E-state index contributed by atoms with van der Waals surface area (Å²) in [6.45, 7) is 0. The van der Waals surface area contributed by atoms with Gasteiger partial charge in [0, 0.05) is 16.5 Å². The monoisotopic (exact) mass is 230 g/mol. The third kappa shape index (κ3) is 1.90. The molecule has 0 aliphatic heterocycles. The Hall–Kier alpha value is -1.86. The molecule has 1 aromatic heterocycles. The predicted molar refractivity (Wildman–Crippen MR) is 65.1 cm³/mol. The molecule has 0 spiro atoms. The van der Waals surface area contributed by atoms with Gasteiger partial charge in [0.25, 0.3) is 0 Å². The summed E-state index contributed by atoms with van der Waals surface area (Å²) >= 11 is 1.68. The molecule has 16 heavy (non-hydrogen) atoms. The Morgan fingerprint density at radius 1 is 1.31 bits per heavy atom. The normalized spacial score (nSPS) is 10.0. The van der Waals surface area contributed by atoms with Gasteiger partial charge in [-0.25, -0.2) is 0 Å². The van der Waals surface area contributed by atoms with Gasteiger partial charge in [-0.3, -0.25) is 0 Å². The molecule has 4 heteroatoms. The first kappa shape index (κ1) is 10.7. The number of anilines is 1. The molecule has 2 rings (SSSR count). The molecule has 0 bridgehead atoms. The smallest absolute Gasteiger partial charge is 0.208 e. The number of benzene rings is 1. The number of rotatable bonds is 2. The van der Waals surface area contributed by atoms with E-state index >= 15 is 0 Å². The van der Waals surface area contributed by atoms with Crippen molar-refractivity contribution in [3.63, 3.8) is 0 Å². The molecule has 0 aliphatic rings. The summed E-state index contributed by atoms with van der Waals surface area (Å²) in [5.41, 5.74) is 6.85. The number of nitrogen functional groups attached to an aromatic ring is 1. The summed E-state index contributed by atoms with van der Waals surface area (Å²) in [6.07, 6.45) is 2.02. The zero-order valence-corrected chi connectivity index (χ0v) is 9.54. The van der Waals surface area contributed by atoms with E-state index in [-0.39, 0.29) is 5.88 Å². The molecule has 2 aromatic rings. The molecule has 0 atom stereocenters. The van der Waals surface area contributed by atoms with Crippen molar-refractivity contribution in [3.05, 3.63) is 35.9 Å². The number of nitrogens with two attached hydrogens (primary N) is 1. The summed E-state index contributed by atoms with van der Waals surface area (Å²) < 4.78 is 5.31. The van der Waals surface area contributed by atoms with Crippen LogP contribution in [0.5, 0.6) is 0 Å². The van der Waals surface area contributed by atoms with Crippen LogP contribution in [0.3, 0.4) is 0 Å². The quantitative estimate of drug-likeness (QED) is 0.805. The van der Waals surface area contributed by atoms with Gasteiger partial charge in [0.2, 0.25) is 5.88 Å². The molecule has 0 aliphatic carbocycles. The average molecular weight is 230 g/mol. The standard InChI is InChI=1S/C12H10N2OS/c1-16-10-4-2-8(3-5-10)11-6-9(7-13)12(14)15-11/h2-6H,14H2,1H3. The fourth-order valence-electron chi connectivity index (χ4n) is 1.39. The topological polar surface area (TPSA) is 63.0 Å². The first-order chi connectivity index (χ1) is 7.74. The van der Waals surface area contributed by atoms with Gasteiger partial charge in [0.05, 0.1) is 0 Å². The van der Waals surface area contributed by atoms with Crippen LogP contribution in [0.1, 0.15) is 5.56 Å². The van der Waals surface area contributed by atoms with Crippen LogP contribution in [0.4, 0.5) is 5.88 Å². The van der Waals surface area contributed by atoms with Gasteiger partial charge in [0.15, 0.2) is 0 Å². The molecule has 0 radical (unpaired) electrons. The molecule has 0 unspecified atom stereocenters. The van der Waals surface area contributed by atoms with Gasteiger partial charge in [-0.2, -0.15) is 5.26 Å². The van der Waals surface area contributed by atoms with Gasteiger partial charge < -0.3 is 10.2 Å². The zero-order valence-electron chi connectivity index (χ0n) is 8.73. The third-order valence-electron chi connectivity index (χ3n) is 2.26. The number of hydrogen-bond donors (Lipinski definition) is 1. The summed E-state index contributed by atoms with van der Waals surface area (Å²) in [7, 11) is 0. The molecule has 0 amide bonds. The summed E-state index contributed by atoms with van der Waals surface area (Å²) in [5, 5.41) is 8.77. The maximum absolute atomic E-state index is 8.77. The van der Waals surface area contributed by atoms with Gasteiger partial charge in [0.1, 0.15) is 17.4 Å². The van der Waals surface area contributed by atoms with Crippen molar-refractivity contribution in [2.24, 2.45) is 0 Å². The van der Waals surface area contributed by atoms with E-state index in [1.165, 1.54) is 4.90 Å². The van der Waals surface area contributed by atoms with Crippen molar-refractivity contribution in [2.45, 2.75) is 4.90 Å². The van der Waals surface area contributed by atoms with E-state index in [9.17, 15) is 0 Å². The van der Waals surface area contributed by atoms with Gasteiger partial charge >= 0.3 is 0 Å². The predicted octanol–water partition coefficient (Wildman–Crippen LogP) is 3.12. The molecule has 2 N–H and O–H groups in total. The highest BCUT2D eigenvalue weighted by atomic mass is 32.2. The first-order valence-corrected chi connectivity index (χ1v) is 5.91. The van der Waals surface area contributed by atoms with E-state index in [0.717, 1.165) is 5.56 Å². The molecule has 0 fully saturated rings. The second-order valence-electron chi connectivity index (χ2n) is 3.23. The third-order valence-corrected chi connectivity index (χ3v) is 3.00. The molecular weight excluding hydrogens is 220 g/mol. The van der Waals surface area contributed by atoms with E-state index in [0.29, 0.717) is 11.3 Å². The van der Waals surface area contributed by atoms with Crippen molar-refractivity contribution in [3.8, 4) is 17.4 Å². The fraction of sp³-hybridized carbons (Fsp3) is 0.0833. The highest BCUT2D eigenvalue weighted by Gasteiger charge is 2.09. The highest BCUT2D eigenvalue weighted by Crippen LogP contribution is 2.28. The number of hydrogen-bond acceptors (Lipinski definition) is 4. The molecule has 80 valence electrons. The van der Waals surface area contributed by atoms with E-state index in [1.54, 1.807) is 17.8 Å². The van der Waals surface area contributed by atoms with Gasteiger partial charge in [-0.1, -0.05) is 12.1 Å². The number of nitriles is 1. The first-order valence-electron chi connectivity index (χ1n) is 4.68. The van der Waals surface area contributed by atoms with Crippen LogP contribution in [-0.2, 0) is 0 Å². The number of nitrogens with zero attached hydrogens (tertiary/aromatic N) is 1. The van der Waals surface area contributed by atoms with Crippen molar-refractivity contribution in [1.29, 1.82) is 5.26 Å². The molecule has 1 aromatic carbocycles. The van der Waals surface area contributed by atoms with Gasteiger partial charge in [-0.15, -0.1) is 11.8 Å². The largest absolute Gasteiger partial charge is 0.440 e. The van der Waals surface area contributed by atoms with Crippen LogP contribution in [0.25, 0.3) is 11.3 Å². The lowest BCUT2D eigenvalue weighted by atomic mass is 10.1. The van der Waals surface area contributed by atoms with Gasteiger partial charge in [-0.05, 0) is 18.4 Å². The summed E-state index contributed by atoms with van der Waals surface area (Å²) in [6, 6.07) is 11.6. The minimum Gasteiger partial charge on any atom is -0.440 e. The summed E-state index contributed by atoms with van der Waals surface area (Å²) in [5.74, 6) is 0.799. The van der Waals surface area contributed by atoms with Crippen molar-refractivity contribution in [2.75, 3.05) is 12.0 Å². The van der Waals surface area contributed by atoms with Crippen LogP contribution >= 0.6 is 11.8 Å². The minimum atomic E-state index is 0.173. The second-order valence-corrected chi connectivity index (χ2v) is 4.11. The lowest BCUT2D eigenvalue weighted by Crippen LogP contribution is -1.82. The lowest BCUT2D eigenvalue weighted by molar-refractivity contribution is 0.602. The van der Waals surface area contributed by atoms with Crippen molar-refractivity contribution >= 4 is 17.6 Å². The minimum absolute atomic E-state index is 0.173. The maximum atomic E-state index is 8.77. The van der Waals surface area contributed by atoms with E-state index in [4.69, 9.17) is 15.4 Å². The zero-order chi connectivity index (χ0) is 11.5. The Balaban J connectivity index is 2.39. The lowest BCUT2D eigenvalue weighted by Gasteiger charge is -1.98. The Morgan fingerprint density at radius 3 is 2.50 bits per heavy atom. The Morgan fingerprint density at radius 2 is 2.00 bits per heavy atom. The number of furan rings is 1. The number of thioether (sulfide) groups is 1. The molecular formula is C12H10N2OS. The van der Waals surface area contributed by atoms with E-state index in [1.807, 2.05) is 36.6 Å². The van der Waals surface area contributed by atoms with Crippen LogP contribution in [0.15, 0.2) is 39.6 Å². The van der Waals surface area contributed by atoms with Crippen LogP contribution < -0.4 is 5.73 Å². The Bertz CT molecular complexity index is 537. The molecule has 3 nitrogen and oxygen atoms in total. The summed E-state index contributed by atoms with van der Waals surface area (Å²) in [4.78, 5) is 1.18. The second kappa shape index (κ2) is 4.33. The van der Waals surface area contributed by atoms with Crippen molar-refractivity contribution in [1.82, 2.24) is 0 Å². The van der Waals surface area contributed by atoms with Crippen LogP contribution in [0.2, 0.25) is 0 Å². The van der Waals surface area contributed by atoms with E-state index < -0.39 is 0 Å². The van der Waals surface area contributed by atoms with Crippen LogP contribution in [0, 0.1) is 11.3 Å².